The first-order valence-corrected chi connectivity index (χ1v) is 10.4. The number of benzene rings is 1. The number of anilines is 1. The first-order chi connectivity index (χ1) is 15.2. The van der Waals surface area contributed by atoms with Crippen LogP contribution in [0.15, 0.2) is 71.6 Å². The summed E-state index contributed by atoms with van der Waals surface area (Å²) in [6.45, 7) is 0. The van der Waals surface area contributed by atoms with Crippen molar-refractivity contribution in [3.63, 3.8) is 0 Å². The van der Waals surface area contributed by atoms with Crippen LogP contribution in [0.5, 0.6) is 5.75 Å². The molecule has 160 valence electrons. The summed E-state index contributed by atoms with van der Waals surface area (Å²) in [7, 11) is 1.54. The Labute approximate surface area is 181 Å². The molecule has 0 unspecified atom stereocenters. The maximum Gasteiger partial charge on any atom is 0.295 e. The quantitative estimate of drug-likeness (QED) is 0.622. The van der Waals surface area contributed by atoms with Gasteiger partial charge in [0.15, 0.2) is 5.76 Å². The van der Waals surface area contributed by atoms with Gasteiger partial charge in [0.05, 0.1) is 19.1 Å². The number of hydrogen-bond donors (Lipinski definition) is 1. The zero-order valence-corrected chi connectivity index (χ0v) is 17.4. The van der Waals surface area contributed by atoms with Crippen molar-refractivity contribution in [2.75, 3.05) is 12.0 Å². The highest BCUT2D eigenvalue weighted by Gasteiger charge is 2.37. The van der Waals surface area contributed by atoms with E-state index >= 15 is 0 Å². The number of rotatable bonds is 7. The average Bonchev–Trinajstić information content (AvgIpc) is 3.52. The maximum atomic E-state index is 13.6. The molecule has 0 saturated heterocycles. The molecule has 0 aliphatic heterocycles. The topological polar surface area (TPSA) is 84.7 Å². The minimum Gasteiger partial charge on any atom is -0.495 e. The minimum absolute atomic E-state index is 0.107. The molecule has 1 aromatic carbocycles. The second-order valence-electron chi connectivity index (χ2n) is 7.50. The van der Waals surface area contributed by atoms with Gasteiger partial charge in [-0.15, -0.1) is 0 Å². The van der Waals surface area contributed by atoms with Crippen molar-refractivity contribution >= 4 is 17.5 Å². The van der Waals surface area contributed by atoms with Crippen molar-refractivity contribution in [3.8, 4) is 5.75 Å². The summed E-state index contributed by atoms with van der Waals surface area (Å²) in [6, 6.07) is 13.1. The van der Waals surface area contributed by atoms with E-state index in [0.29, 0.717) is 17.0 Å². The lowest BCUT2D eigenvalue weighted by Crippen LogP contribution is -2.46. The normalized spacial score (nSPS) is 14.7. The van der Waals surface area contributed by atoms with E-state index in [1.165, 1.54) is 18.3 Å². The number of aromatic nitrogens is 1. The van der Waals surface area contributed by atoms with E-state index in [2.05, 4.69) is 10.3 Å². The van der Waals surface area contributed by atoms with E-state index in [1.54, 1.807) is 54.9 Å². The van der Waals surface area contributed by atoms with Crippen molar-refractivity contribution in [2.45, 2.75) is 37.8 Å². The highest BCUT2D eigenvalue weighted by Crippen LogP contribution is 2.36. The molecular formula is C24H25N3O4. The van der Waals surface area contributed by atoms with Gasteiger partial charge in [0, 0.05) is 18.4 Å². The molecule has 2 heterocycles. The van der Waals surface area contributed by atoms with Gasteiger partial charge in [0.1, 0.15) is 11.8 Å². The highest BCUT2D eigenvalue weighted by molar-refractivity contribution is 6.09. The Hall–Kier alpha value is -3.61. The van der Waals surface area contributed by atoms with Crippen LogP contribution in [0.3, 0.4) is 0 Å². The molecule has 3 aromatic rings. The summed E-state index contributed by atoms with van der Waals surface area (Å²) in [5.74, 6) is -0.0597. The van der Waals surface area contributed by atoms with Gasteiger partial charge < -0.3 is 14.5 Å². The monoisotopic (exact) mass is 419 g/mol. The second kappa shape index (κ2) is 9.47. The third-order valence-corrected chi connectivity index (χ3v) is 5.53. The summed E-state index contributed by atoms with van der Waals surface area (Å²) < 4.78 is 10.9. The predicted octanol–water partition coefficient (Wildman–Crippen LogP) is 4.13. The number of carbonyl (C=O) groups is 2. The van der Waals surface area contributed by atoms with Crippen LogP contribution in [0.25, 0.3) is 0 Å². The Balaban J connectivity index is 1.82. The van der Waals surface area contributed by atoms with E-state index in [4.69, 9.17) is 9.15 Å². The summed E-state index contributed by atoms with van der Waals surface area (Å²) in [5, 5.41) is 3.14. The van der Waals surface area contributed by atoms with Crippen LogP contribution in [0.1, 0.15) is 47.8 Å². The Kier molecular flexibility index (Phi) is 6.31. The molecule has 4 rings (SSSR count). The van der Waals surface area contributed by atoms with Gasteiger partial charge in [0.25, 0.3) is 5.91 Å². The molecular weight excluding hydrogens is 394 g/mol. The lowest BCUT2D eigenvalue weighted by molar-refractivity contribution is -0.123. The highest BCUT2D eigenvalue weighted by atomic mass is 16.5. The smallest absolute Gasteiger partial charge is 0.295 e. The second-order valence-corrected chi connectivity index (χ2v) is 7.50. The fourth-order valence-electron chi connectivity index (χ4n) is 4.03. The number of nitrogens with one attached hydrogen (secondary N) is 1. The molecule has 0 bridgehead atoms. The molecule has 2 amide bonds. The number of ether oxygens (including phenoxy) is 1. The number of furan rings is 1. The molecule has 1 atom stereocenters. The summed E-state index contributed by atoms with van der Waals surface area (Å²) in [4.78, 5) is 32.7. The molecule has 7 heteroatoms. The van der Waals surface area contributed by atoms with Crippen LogP contribution in [-0.2, 0) is 4.79 Å². The van der Waals surface area contributed by atoms with E-state index in [-0.39, 0.29) is 17.7 Å². The van der Waals surface area contributed by atoms with Crippen molar-refractivity contribution in [1.29, 1.82) is 0 Å². The molecule has 1 N–H and O–H groups in total. The van der Waals surface area contributed by atoms with Crippen LogP contribution in [0.2, 0.25) is 0 Å². The molecule has 1 saturated carbocycles. The lowest BCUT2D eigenvalue weighted by Gasteiger charge is -2.32. The van der Waals surface area contributed by atoms with Gasteiger partial charge in [-0.1, -0.05) is 25.0 Å². The summed E-state index contributed by atoms with van der Waals surface area (Å²) in [5.41, 5.74) is 1.13. The molecule has 2 aromatic heterocycles. The van der Waals surface area contributed by atoms with Crippen LogP contribution < -0.4 is 15.0 Å². The molecule has 7 nitrogen and oxygen atoms in total. The molecule has 0 radical (unpaired) electrons. The number of methoxy groups -OCH3 is 1. The third kappa shape index (κ3) is 4.45. The van der Waals surface area contributed by atoms with Crippen LogP contribution >= 0.6 is 0 Å². The van der Waals surface area contributed by atoms with Gasteiger partial charge in [-0.3, -0.25) is 19.5 Å². The van der Waals surface area contributed by atoms with Gasteiger partial charge in [-0.2, -0.15) is 0 Å². The largest absolute Gasteiger partial charge is 0.495 e. The van der Waals surface area contributed by atoms with E-state index in [0.717, 1.165) is 25.7 Å². The number of amides is 2. The van der Waals surface area contributed by atoms with Crippen molar-refractivity contribution < 1.29 is 18.7 Å². The van der Waals surface area contributed by atoms with Gasteiger partial charge in [-0.05, 0) is 54.8 Å². The van der Waals surface area contributed by atoms with Crippen molar-refractivity contribution in [1.82, 2.24) is 10.3 Å². The van der Waals surface area contributed by atoms with Crippen LogP contribution in [-0.4, -0.2) is 29.9 Å². The Morgan fingerprint density at radius 2 is 1.84 bits per heavy atom. The minimum atomic E-state index is -0.919. The number of carbonyl (C=O) groups excluding carboxylic acids is 2. The first kappa shape index (κ1) is 20.7. The zero-order chi connectivity index (χ0) is 21.6. The molecule has 1 aliphatic carbocycles. The first-order valence-electron chi connectivity index (χ1n) is 10.4. The zero-order valence-electron chi connectivity index (χ0n) is 17.4. The third-order valence-electron chi connectivity index (χ3n) is 5.53. The fourth-order valence-corrected chi connectivity index (χ4v) is 4.03. The standard InChI is InChI=1S/C24H25N3O4/c1-30-20-10-5-4-9-19(20)27(24(29)21-11-6-16-31-21)22(17-12-14-25-15-13-17)23(28)26-18-7-2-3-8-18/h4-6,9-16,18,22H,2-3,7-8H2,1H3,(H,26,28)/t22-/m0/s1. The lowest BCUT2D eigenvalue weighted by atomic mass is 10.0. The molecule has 0 spiro atoms. The SMILES string of the molecule is COc1ccccc1N(C(=O)c1ccco1)[C@H](C(=O)NC1CCCC1)c1ccncc1. The summed E-state index contributed by atoms with van der Waals surface area (Å²) >= 11 is 0. The molecule has 31 heavy (non-hydrogen) atoms. The molecule has 1 fully saturated rings. The Bertz CT molecular complexity index is 1010. The predicted molar refractivity (Wildman–Crippen MR) is 116 cm³/mol. The number of pyridine rings is 1. The van der Waals surface area contributed by atoms with Crippen molar-refractivity contribution in [2.24, 2.45) is 0 Å². The summed E-state index contributed by atoms with van der Waals surface area (Å²) in [6.07, 6.45) is 8.73. The fraction of sp³-hybridized carbons (Fsp3) is 0.292. The van der Waals surface area contributed by atoms with Gasteiger partial charge >= 0.3 is 0 Å². The average molecular weight is 419 g/mol. The van der Waals surface area contributed by atoms with E-state index < -0.39 is 11.9 Å². The number of hydrogen-bond acceptors (Lipinski definition) is 5. The van der Waals surface area contributed by atoms with Gasteiger partial charge in [0.2, 0.25) is 5.91 Å². The van der Waals surface area contributed by atoms with E-state index in [9.17, 15) is 9.59 Å². The number of nitrogens with zero attached hydrogens (tertiary/aromatic N) is 2. The van der Waals surface area contributed by atoms with E-state index in [1.807, 2.05) is 6.07 Å². The Morgan fingerprint density at radius 3 is 2.52 bits per heavy atom. The van der Waals surface area contributed by atoms with Crippen molar-refractivity contribution in [3.05, 3.63) is 78.5 Å². The number of para-hydroxylation sites is 2. The van der Waals surface area contributed by atoms with Crippen LogP contribution in [0, 0.1) is 0 Å². The van der Waals surface area contributed by atoms with Crippen LogP contribution in [0.4, 0.5) is 5.69 Å². The maximum absolute atomic E-state index is 13.6. The molecule has 1 aliphatic rings. The Morgan fingerprint density at radius 1 is 1.10 bits per heavy atom. The van der Waals surface area contributed by atoms with Gasteiger partial charge in [-0.25, -0.2) is 0 Å².